The van der Waals surface area contributed by atoms with Crippen LogP contribution in [0.1, 0.15) is 0 Å². The summed E-state index contributed by atoms with van der Waals surface area (Å²) in [6, 6.07) is 7.00. The molecule has 1 N–H and O–H groups in total. The minimum Gasteiger partial charge on any atom is -0.466 e. The van der Waals surface area contributed by atoms with Crippen LogP contribution in [0.3, 0.4) is 0 Å². The predicted octanol–water partition coefficient (Wildman–Crippen LogP) is 0.909. The summed E-state index contributed by atoms with van der Waals surface area (Å²) < 4.78 is 9.13. The second-order valence-corrected chi connectivity index (χ2v) is 4.07. The molecule has 2 aromatic rings. The Balaban J connectivity index is 2.27. The molecule has 0 radical (unpaired) electrons. The number of hydrogen-bond acceptors (Lipinski definition) is 7. The third-order valence-corrected chi connectivity index (χ3v) is 2.64. The number of nitrogens with one attached hydrogen (secondary N) is 1. The molecule has 0 fully saturated rings. The van der Waals surface area contributed by atoms with E-state index in [4.69, 9.17) is 0 Å². The number of ether oxygens (including phenoxy) is 2. The van der Waals surface area contributed by atoms with Gasteiger partial charge < -0.3 is 14.8 Å². The number of aromatic nitrogens is 3. The fourth-order valence-electron chi connectivity index (χ4n) is 1.65. The van der Waals surface area contributed by atoms with Crippen molar-refractivity contribution in [3.8, 4) is 5.69 Å². The van der Waals surface area contributed by atoms with Crippen molar-refractivity contribution in [3.05, 3.63) is 48.4 Å². The van der Waals surface area contributed by atoms with Gasteiger partial charge in [-0.15, -0.1) is 0 Å². The first-order valence-electron chi connectivity index (χ1n) is 6.26. The highest BCUT2D eigenvalue weighted by atomic mass is 16.5. The van der Waals surface area contributed by atoms with E-state index in [0.29, 0.717) is 11.4 Å². The Kier molecular flexibility index (Phi) is 4.86. The first-order chi connectivity index (χ1) is 10.6. The Morgan fingerprint density at radius 2 is 1.91 bits per heavy atom. The Morgan fingerprint density at radius 1 is 1.18 bits per heavy atom. The summed E-state index contributed by atoms with van der Waals surface area (Å²) in [4.78, 5) is 24.4. The van der Waals surface area contributed by atoms with E-state index < -0.39 is 11.9 Å². The molecule has 8 nitrogen and oxygen atoms in total. The van der Waals surface area contributed by atoms with Gasteiger partial charge in [-0.05, 0) is 18.2 Å². The van der Waals surface area contributed by atoms with E-state index in [0.717, 1.165) is 6.08 Å². The topological polar surface area (TPSA) is 95.3 Å². The van der Waals surface area contributed by atoms with Gasteiger partial charge in [0.05, 0.1) is 38.4 Å². The summed E-state index contributed by atoms with van der Waals surface area (Å²) in [7, 11) is 2.44. The van der Waals surface area contributed by atoms with Crippen LogP contribution in [0, 0.1) is 0 Å². The first-order valence-corrected chi connectivity index (χ1v) is 6.26. The molecule has 22 heavy (non-hydrogen) atoms. The van der Waals surface area contributed by atoms with Gasteiger partial charge in [-0.3, -0.25) is 0 Å². The highest BCUT2D eigenvalue weighted by Gasteiger charge is 2.13. The van der Waals surface area contributed by atoms with Gasteiger partial charge in [-0.25, -0.2) is 9.59 Å². The molecular formula is C14H14N4O4. The molecule has 1 aromatic carbocycles. The number of nitrogens with zero attached hydrogens (tertiary/aromatic N) is 3. The molecule has 0 bridgehead atoms. The maximum atomic E-state index is 11.7. The summed E-state index contributed by atoms with van der Waals surface area (Å²) >= 11 is 0. The second kappa shape index (κ2) is 7.02. The van der Waals surface area contributed by atoms with Crippen molar-refractivity contribution in [1.29, 1.82) is 0 Å². The highest BCUT2D eigenvalue weighted by molar-refractivity contribution is 5.98. The molecule has 0 aliphatic rings. The van der Waals surface area contributed by atoms with Crippen molar-refractivity contribution >= 4 is 17.6 Å². The Bertz CT molecular complexity index is 695. The van der Waals surface area contributed by atoms with Crippen molar-refractivity contribution in [2.24, 2.45) is 0 Å². The molecule has 0 aliphatic heterocycles. The number of benzene rings is 1. The standard InChI is InChI=1S/C14H14N4O4/c1-21-13(19)9-12(14(20)22-2)17-10-4-3-5-11(8-10)18-15-6-7-16-18/h3-9,17H,1-2H3/b12-9+. The van der Waals surface area contributed by atoms with E-state index in [1.165, 1.54) is 19.0 Å². The lowest BCUT2D eigenvalue weighted by atomic mass is 10.2. The van der Waals surface area contributed by atoms with Crippen molar-refractivity contribution in [2.45, 2.75) is 0 Å². The summed E-state index contributed by atoms with van der Waals surface area (Å²) in [6.07, 6.45) is 4.12. The number of carbonyl (C=O) groups excluding carboxylic acids is 2. The molecule has 1 aromatic heterocycles. The Morgan fingerprint density at radius 3 is 2.55 bits per heavy atom. The van der Waals surface area contributed by atoms with Gasteiger partial charge in [0, 0.05) is 5.69 Å². The highest BCUT2D eigenvalue weighted by Crippen LogP contribution is 2.15. The van der Waals surface area contributed by atoms with Crippen LogP contribution in [0.25, 0.3) is 5.69 Å². The maximum Gasteiger partial charge on any atom is 0.354 e. The van der Waals surface area contributed by atoms with E-state index in [1.807, 2.05) is 0 Å². The zero-order valence-corrected chi connectivity index (χ0v) is 12.0. The minimum atomic E-state index is -0.687. The lowest BCUT2D eigenvalue weighted by Gasteiger charge is -2.10. The first kappa shape index (κ1) is 15.2. The summed E-state index contributed by atoms with van der Waals surface area (Å²) in [6.45, 7) is 0. The van der Waals surface area contributed by atoms with Crippen LogP contribution in [-0.2, 0) is 19.1 Å². The number of anilines is 1. The molecule has 0 spiro atoms. The van der Waals surface area contributed by atoms with E-state index in [2.05, 4.69) is 25.0 Å². The van der Waals surface area contributed by atoms with Crippen LogP contribution in [0.15, 0.2) is 48.4 Å². The molecule has 0 aliphatic carbocycles. The molecule has 0 saturated heterocycles. The SMILES string of the molecule is COC(=O)/C=C(/Nc1cccc(-n2nccn2)c1)C(=O)OC. The van der Waals surface area contributed by atoms with Gasteiger partial charge >= 0.3 is 11.9 Å². The minimum absolute atomic E-state index is 0.0417. The van der Waals surface area contributed by atoms with E-state index in [-0.39, 0.29) is 5.70 Å². The zero-order chi connectivity index (χ0) is 15.9. The molecular weight excluding hydrogens is 288 g/mol. The fraction of sp³-hybridized carbons (Fsp3) is 0.143. The summed E-state index contributed by atoms with van der Waals surface area (Å²) in [5, 5.41) is 10.8. The number of rotatable bonds is 5. The van der Waals surface area contributed by atoms with Gasteiger partial charge in [0.1, 0.15) is 5.70 Å². The summed E-state index contributed by atoms with van der Waals surface area (Å²) in [5.41, 5.74) is 1.22. The monoisotopic (exact) mass is 302 g/mol. The van der Waals surface area contributed by atoms with Crippen LogP contribution in [0.5, 0.6) is 0 Å². The van der Waals surface area contributed by atoms with Crippen LogP contribution in [0.4, 0.5) is 5.69 Å². The summed E-state index contributed by atoms with van der Waals surface area (Å²) in [5.74, 6) is -1.36. The van der Waals surface area contributed by atoms with Crippen molar-refractivity contribution < 1.29 is 19.1 Å². The van der Waals surface area contributed by atoms with Crippen molar-refractivity contribution in [1.82, 2.24) is 15.0 Å². The lowest BCUT2D eigenvalue weighted by molar-refractivity contribution is -0.138. The van der Waals surface area contributed by atoms with Gasteiger partial charge in [-0.2, -0.15) is 15.0 Å². The molecule has 114 valence electrons. The van der Waals surface area contributed by atoms with Crippen LogP contribution in [-0.4, -0.2) is 41.2 Å². The van der Waals surface area contributed by atoms with E-state index in [1.54, 1.807) is 36.7 Å². The molecule has 0 amide bonds. The number of carbonyl (C=O) groups is 2. The molecule has 0 atom stereocenters. The molecule has 0 unspecified atom stereocenters. The quantitative estimate of drug-likeness (QED) is 0.647. The third kappa shape index (κ3) is 3.69. The molecule has 1 heterocycles. The number of methoxy groups -OCH3 is 2. The number of esters is 2. The fourth-order valence-corrected chi connectivity index (χ4v) is 1.65. The van der Waals surface area contributed by atoms with Gasteiger partial charge in [0.25, 0.3) is 0 Å². The van der Waals surface area contributed by atoms with Crippen LogP contribution in [0.2, 0.25) is 0 Å². The largest absolute Gasteiger partial charge is 0.466 e. The smallest absolute Gasteiger partial charge is 0.354 e. The molecule has 0 saturated carbocycles. The van der Waals surface area contributed by atoms with Gasteiger partial charge in [0.15, 0.2) is 0 Å². The van der Waals surface area contributed by atoms with Gasteiger partial charge in [0.2, 0.25) is 0 Å². The third-order valence-electron chi connectivity index (χ3n) is 2.64. The molecule has 2 rings (SSSR count). The van der Waals surface area contributed by atoms with E-state index >= 15 is 0 Å². The predicted molar refractivity (Wildman–Crippen MR) is 77.1 cm³/mol. The lowest BCUT2D eigenvalue weighted by Crippen LogP contribution is -2.15. The normalized spacial score (nSPS) is 10.9. The van der Waals surface area contributed by atoms with Crippen LogP contribution >= 0.6 is 0 Å². The van der Waals surface area contributed by atoms with Crippen molar-refractivity contribution in [2.75, 3.05) is 19.5 Å². The zero-order valence-electron chi connectivity index (χ0n) is 12.0. The Hall–Kier alpha value is -3.16. The van der Waals surface area contributed by atoms with Crippen LogP contribution < -0.4 is 5.32 Å². The van der Waals surface area contributed by atoms with Crippen molar-refractivity contribution in [3.63, 3.8) is 0 Å². The Labute approximate surface area is 126 Å². The maximum absolute atomic E-state index is 11.7. The average molecular weight is 302 g/mol. The number of hydrogen-bond donors (Lipinski definition) is 1. The second-order valence-electron chi connectivity index (χ2n) is 4.07. The van der Waals surface area contributed by atoms with Gasteiger partial charge in [-0.1, -0.05) is 6.07 Å². The van der Waals surface area contributed by atoms with E-state index in [9.17, 15) is 9.59 Å². The molecule has 8 heteroatoms. The average Bonchev–Trinajstić information content (AvgIpc) is 3.08.